The number of hydrogen-bond acceptors (Lipinski definition) is 3. The van der Waals surface area contributed by atoms with E-state index < -0.39 is 0 Å². The van der Waals surface area contributed by atoms with Crippen LogP contribution in [0.5, 0.6) is 0 Å². The Morgan fingerprint density at radius 2 is 2.14 bits per heavy atom. The predicted molar refractivity (Wildman–Crippen MR) is 78.5 cm³/mol. The predicted octanol–water partition coefficient (Wildman–Crippen LogP) is 2.90. The van der Waals surface area contributed by atoms with Gasteiger partial charge in [-0.05, 0) is 43.0 Å². The maximum Gasteiger partial charge on any atom is 0.222 e. The van der Waals surface area contributed by atoms with Crippen LogP contribution in [0.3, 0.4) is 0 Å². The van der Waals surface area contributed by atoms with Gasteiger partial charge < -0.3 is 5.32 Å². The van der Waals surface area contributed by atoms with Crippen LogP contribution < -0.4 is 5.32 Å². The Kier molecular flexibility index (Phi) is 3.41. The highest BCUT2D eigenvalue weighted by molar-refractivity contribution is 5.88. The lowest BCUT2D eigenvalue weighted by Gasteiger charge is -2.20. The molecule has 2 aromatic rings. The van der Waals surface area contributed by atoms with Gasteiger partial charge in [0.05, 0.1) is 17.1 Å². The lowest BCUT2D eigenvalue weighted by atomic mass is 9.91. The number of aromatic nitrogens is 2. The van der Waals surface area contributed by atoms with Crippen molar-refractivity contribution < 1.29 is 9.18 Å². The minimum atomic E-state index is -0.226. The van der Waals surface area contributed by atoms with Crippen LogP contribution in [0, 0.1) is 5.82 Å². The van der Waals surface area contributed by atoms with E-state index in [9.17, 15) is 9.18 Å². The summed E-state index contributed by atoms with van der Waals surface area (Å²) in [6, 6.07) is 4.77. The number of fused-ring (bicyclic) bond motifs is 3. The molecule has 0 bridgehead atoms. The number of hydrogen-bond donors (Lipinski definition) is 1. The normalized spacial score (nSPS) is 12.5. The van der Waals surface area contributed by atoms with Gasteiger partial charge in [0.15, 0.2) is 5.82 Å². The molecule has 21 heavy (non-hydrogen) atoms. The minimum absolute atomic E-state index is 0.155. The van der Waals surface area contributed by atoms with Crippen molar-refractivity contribution in [3.05, 3.63) is 41.0 Å². The molecule has 1 aliphatic carbocycles. The Hall–Kier alpha value is -2.30. The second-order valence-corrected chi connectivity index (χ2v) is 5.15. The van der Waals surface area contributed by atoms with Crippen molar-refractivity contribution in [3.8, 4) is 11.3 Å². The van der Waals surface area contributed by atoms with Gasteiger partial charge in [0.2, 0.25) is 5.91 Å². The van der Waals surface area contributed by atoms with Crippen molar-refractivity contribution >= 4 is 11.7 Å². The molecule has 3 rings (SSSR count). The first kappa shape index (κ1) is 13.7. The number of nitrogens with zero attached hydrogens (tertiary/aromatic N) is 2. The number of halogens is 1. The van der Waals surface area contributed by atoms with Gasteiger partial charge in [-0.25, -0.2) is 14.4 Å². The Morgan fingerprint density at radius 3 is 2.86 bits per heavy atom. The summed E-state index contributed by atoms with van der Waals surface area (Å²) in [7, 11) is 0. The van der Waals surface area contributed by atoms with Gasteiger partial charge >= 0.3 is 0 Å². The molecule has 1 heterocycles. The second-order valence-electron chi connectivity index (χ2n) is 5.15. The van der Waals surface area contributed by atoms with Gasteiger partial charge in [-0.2, -0.15) is 0 Å². The molecule has 1 aromatic heterocycles. The summed E-state index contributed by atoms with van der Waals surface area (Å²) in [5, 5.41) is 2.73. The van der Waals surface area contributed by atoms with Crippen LogP contribution in [-0.4, -0.2) is 15.9 Å². The molecule has 0 saturated heterocycles. The molecule has 1 aromatic carbocycles. The molecule has 0 atom stereocenters. The summed E-state index contributed by atoms with van der Waals surface area (Å²) < 4.78 is 13.3. The minimum Gasteiger partial charge on any atom is -0.309 e. The molecule has 1 aliphatic rings. The number of anilines is 1. The summed E-state index contributed by atoms with van der Waals surface area (Å²) in [5.41, 5.74) is 4.32. The average molecular weight is 285 g/mol. The zero-order chi connectivity index (χ0) is 15.0. The zero-order valence-electron chi connectivity index (χ0n) is 12.0. The molecule has 0 unspecified atom stereocenters. The molecular weight excluding hydrogens is 269 g/mol. The van der Waals surface area contributed by atoms with Gasteiger partial charge in [-0.3, -0.25) is 4.79 Å². The van der Waals surface area contributed by atoms with Crippen molar-refractivity contribution in [2.75, 3.05) is 5.32 Å². The van der Waals surface area contributed by atoms with E-state index in [-0.39, 0.29) is 11.7 Å². The van der Waals surface area contributed by atoms with Crippen LogP contribution in [0.25, 0.3) is 11.3 Å². The Morgan fingerprint density at radius 1 is 1.33 bits per heavy atom. The van der Waals surface area contributed by atoms with Crippen LogP contribution in [-0.2, 0) is 24.1 Å². The SMILES string of the molecule is CCc1nc2c(nc1NC(C)=O)CCc1cc(F)ccc1-2. The molecular formula is C16H16FN3O. The van der Waals surface area contributed by atoms with Gasteiger partial charge in [0.1, 0.15) is 5.82 Å². The second kappa shape index (κ2) is 5.24. The fraction of sp³-hybridized carbons (Fsp3) is 0.312. The summed E-state index contributed by atoms with van der Waals surface area (Å²) in [6.07, 6.45) is 2.11. The van der Waals surface area contributed by atoms with Crippen LogP contribution in [0.2, 0.25) is 0 Å². The molecule has 0 spiro atoms. The Balaban J connectivity index is 2.14. The van der Waals surface area contributed by atoms with E-state index in [2.05, 4.69) is 15.3 Å². The van der Waals surface area contributed by atoms with Gasteiger partial charge in [0, 0.05) is 12.5 Å². The molecule has 1 N–H and O–H groups in total. The number of amides is 1. The van der Waals surface area contributed by atoms with Crippen molar-refractivity contribution in [1.82, 2.24) is 9.97 Å². The molecule has 1 amide bonds. The number of aryl methyl sites for hydroxylation is 3. The van der Waals surface area contributed by atoms with Crippen molar-refractivity contribution in [2.24, 2.45) is 0 Å². The highest BCUT2D eigenvalue weighted by Crippen LogP contribution is 2.33. The maximum atomic E-state index is 13.3. The van der Waals surface area contributed by atoms with Gasteiger partial charge in [-0.15, -0.1) is 0 Å². The third-order valence-corrected chi connectivity index (χ3v) is 3.62. The lowest BCUT2D eigenvalue weighted by Crippen LogP contribution is -2.16. The first-order valence-electron chi connectivity index (χ1n) is 7.04. The fourth-order valence-corrected chi connectivity index (χ4v) is 2.66. The molecule has 4 nitrogen and oxygen atoms in total. The highest BCUT2D eigenvalue weighted by Gasteiger charge is 2.21. The van der Waals surface area contributed by atoms with E-state index in [0.717, 1.165) is 34.6 Å². The largest absolute Gasteiger partial charge is 0.309 e. The number of rotatable bonds is 2. The summed E-state index contributed by atoms with van der Waals surface area (Å²) in [4.78, 5) is 20.5. The number of carbonyl (C=O) groups is 1. The Labute approximate surface area is 122 Å². The Bertz CT molecular complexity index is 728. The molecule has 0 radical (unpaired) electrons. The van der Waals surface area contributed by atoms with Crippen LogP contribution in [0.15, 0.2) is 18.2 Å². The third kappa shape index (κ3) is 2.51. The molecule has 0 fully saturated rings. The first-order chi connectivity index (χ1) is 10.1. The van der Waals surface area contributed by atoms with Crippen LogP contribution in [0.1, 0.15) is 30.8 Å². The standard InChI is InChI=1S/C16H16FN3O/c1-3-13-16(18-9(2)21)20-14-7-4-10-8-11(17)5-6-12(10)15(14)19-13/h5-6,8H,3-4,7H2,1-2H3,(H,18,20,21). The topological polar surface area (TPSA) is 54.9 Å². The van der Waals surface area contributed by atoms with E-state index >= 15 is 0 Å². The van der Waals surface area contributed by atoms with Crippen molar-refractivity contribution in [2.45, 2.75) is 33.1 Å². The summed E-state index contributed by atoms with van der Waals surface area (Å²) in [5.74, 6) is 0.155. The van der Waals surface area contributed by atoms with Gasteiger partial charge in [0.25, 0.3) is 0 Å². The van der Waals surface area contributed by atoms with Crippen LogP contribution in [0.4, 0.5) is 10.2 Å². The number of benzene rings is 1. The van der Waals surface area contributed by atoms with E-state index in [1.807, 2.05) is 6.92 Å². The number of carbonyl (C=O) groups excluding carboxylic acids is 1. The first-order valence-corrected chi connectivity index (χ1v) is 7.04. The van der Waals surface area contributed by atoms with Crippen molar-refractivity contribution in [1.29, 1.82) is 0 Å². The van der Waals surface area contributed by atoms with E-state index in [1.54, 1.807) is 12.1 Å². The summed E-state index contributed by atoms with van der Waals surface area (Å²) in [6.45, 7) is 3.43. The zero-order valence-corrected chi connectivity index (χ0v) is 12.0. The van der Waals surface area contributed by atoms with E-state index in [1.165, 1.54) is 13.0 Å². The molecule has 108 valence electrons. The van der Waals surface area contributed by atoms with E-state index in [4.69, 9.17) is 0 Å². The highest BCUT2D eigenvalue weighted by atomic mass is 19.1. The fourth-order valence-electron chi connectivity index (χ4n) is 2.66. The van der Waals surface area contributed by atoms with E-state index in [0.29, 0.717) is 18.7 Å². The monoisotopic (exact) mass is 285 g/mol. The third-order valence-electron chi connectivity index (χ3n) is 3.62. The quantitative estimate of drug-likeness (QED) is 0.923. The van der Waals surface area contributed by atoms with Crippen LogP contribution >= 0.6 is 0 Å². The lowest BCUT2D eigenvalue weighted by molar-refractivity contribution is -0.114. The molecule has 0 saturated carbocycles. The van der Waals surface area contributed by atoms with Gasteiger partial charge in [-0.1, -0.05) is 6.92 Å². The average Bonchev–Trinajstić information content (AvgIpc) is 2.45. The molecule has 5 heteroatoms. The smallest absolute Gasteiger partial charge is 0.222 e. The summed E-state index contributed by atoms with van der Waals surface area (Å²) >= 11 is 0. The number of nitrogens with one attached hydrogen (secondary N) is 1. The maximum absolute atomic E-state index is 13.3. The molecule has 0 aliphatic heterocycles. The van der Waals surface area contributed by atoms with Crippen molar-refractivity contribution in [3.63, 3.8) is 0 Å².